The summed E-state index contributed by atoms with van der Waals surface area (Å²) in [4.78, 5) is 18.5. The average Bonchev–Trinajstić information content (AvgIpc) is 2.88. The van der Waals surface area contributed by atoms with Gasteiger partial charge in [0.15, 0.2) is 15.8 Å². The molecule has 1 heterocycles. The molecule has 2 N–H and O–H groups in total. The normalized spacial score (nSPS) is 15.8. The van der Waals surface area contributed by atoms with E-state index >= 15 is 0 Å². The van der Waals surface area contributed by atoms with E-state index in [-0.39, 0.29) is 18.2 Å². The van der Waals surface area contributed by atoms with E-state index in [1.54, 1.807) is 0 Å². The van der Waals surface area contributed by atoms with Crippen molar-refractivity contribution in [1.29, 1.82) is 0 Å². The van der Waals surface area contributed by atoms with Crippen LogP contribution >= 0.6 is 0 Å². The molecule has 0 spiro atoms. The summed E-state index contributed by atoms with van der Waals surface area (Å²) in [6.45, 7) is 4.97. The van der Waals surface area contributed by atoms with E-state index in [4.69, 9.17) is 0 Å². The van der Waals surface area contributed by atoms with Crippen molar-refractivity contribution >= 4 is 21.7 Å². The molecule has 0 bridgehead atoms. The Balaban J connectivity index is 1.94. The predicted octanol–water partition coefficient (Wildman–Crippen LogP) is 2.22. The molecule has 1 aliphatic rings. The topological polar surface area (TPSA) is 90.9 Å². The largest absolute Gasteiger partial charge is 0.357 e. The molecule has 1 aliphatic heterocycles. The van der Waals surface area contributed by atoms with Crippen molar-refractivity contribution in [3.05, 3.63) is 35.1 Å². The van der Waals surface area contributed by atoms with E-state index in [1.807, 2.05) is 11.8 Å². The van der Waals surface area contributed by atoms with Crippen LogP contribution in [0.4, 0.5) is 4.39 Å². The molecule has 1 fully saturated rings. The summed E-state index contributed by atoms with van der Waals surface area (Å²) in [6, 6.07) is 4.10. The van der Waals surface area contributed by atoms with Gasteiger partial charge in [0.05, 0.1) is 12.3 Å². The zero-order valence-corrected chi connectivity index (χ0v) is 18.7. The van der Waals surface area contributed by atoms with Gasteiger partial charge in [0.1, 0.15) is 5.82 Å². The molecule has 9 heteroatoms. The highest BCUT2D eigenvalue weighted by Gasteiger charge is 2.15. The first-order chi connectivity index (χ1) is 14.3. The van der Waals surface area contributed by atoms with Gasteiger partial charge in [0, 0.05) is 38.9 Å². The Labute approximate surface area is 179 Å². The molecular weight excluding hydrogens is 407 g/mol. The lowest BCUT2D eigenvalue weighted by atomic mass is 10.1. The number of carbonyl (C=O) groups excluding carboxylic acids is 1. The third kappa shape index (κ3) is 8.69. The minimum Gasteiger partial charge on any atom is -0.357 e. The summed E-state index contributed by atoms with van der Waals surface area (Å²) in [5.41, 5.74) is 1.10. The first-order valence-corrected chi connectivity index (χ1v) is 12.6. The van der Waals surface area contributed by atoms with Crippen molar-refractivity contribution in [3.8, 4) is 0 Å². The van der Waals surface area contributed by atoms with Crippen molar-refractivity contribution in [2.45, 2.75) is 51.3 Å². The van der Waals surface area contributed by atoms with Gasteiger partial charge in [-0.05, 0) is 49.4 Å². The van der Waals surface area contributed by atoms with Crippen LogP contribution in [0.3, 0.4) is 0 Å². The van der Waals surface area contributed by atoms with Crippen LogP contribution in [0.1, 0.15) is 50.2 Å². The lowest BCUT2D eigenvalue weighted by Gasteiger charge is -2.20. The van der Waals surface area contributed by atoms with Gasteiger partial charge in [0.2, 0.25) is 5.91 Å². The fourth-order valence-corrected chi connectivity index (χ4v) is 4.27. The number of amides is 1. The predicted molar refractivity (Wildman–Crippen MR) is 117 cm³/mol. The maximum atomic E-state index is 13.7. The maximum Gasteiger partial charge on any atom is 0.222 e. The number of sulfone groups is 1. The number of nitrogens with one attached hydrogen (secondary N) is 2. The molecule has 0 aromatic heterocycles. The highest BCUT2D eigenvalue weighted by molar-refractivity contribution is 7.89. The van der Waals surface area contributed by atoms with Gasteiger partial charge in [-0.15, -0.1) is 0 Å². The summed E-state index contributed by atoms with van der Waals surface area (Å²) in [6.07, 6.45) is 5.75. The number of benzene rings is 1. The van der Waals surface area contributed by atoms with Crippen molar-refractivity contribution < 1.29 is 17.6 Å². The van der Waals surface area contributed by atoms with Crippen molar-refractivity contribution in [2.24, 2.45) is 4.99 Å². The Morgan fingerprint density at radius 3 is 2.73 bits per heavy atom. The molecule has 1 saturated heterocycles. The fraction of sp³-hybridized carbons (Fsp3) is 0.619. The van der Waals surface area contributed by atoms with Gasteiger partial charge >= 0.3 is 0 Å². The van der Waals surface area contributed by atoms with Crippen LogP contribution in [0.2, 0.25) is 0 Å². The smallest absolute Gasteiger partial charge is 0.222 e. The van der Waals surface area contributed by atoms with Crippen LogP contribution in [0.25, 0.3) is 0 Å². The van der Waals surface area contributed by atoms with E-state index in [1.165, 1.54) is 18.2 Å². The summed E-state index contributed by atoms with van der Waals surface area (Å²) < 4.78 is 37.0. The third-order valence-corrected chi connectivity index (χ3v) is 5.74. The molecular formula is C21H33FN4O3S. The molecule has 1 amide bonds. The summed E-state index contributed by atoms with van der Waals surface area (Å²) in [5.74, 6) is 0.246. The number of carbonyl (C=O) groups is 1. The molecule has 30 heavy (non-hydrogen) atoms. The summed E-state index contributed by atoms with van der Waals surface area (Å²) >= 11 is 0. The number of halogens is 1. The second-order valence-electron chi connectivity index (χ2n) is 7.65. The van der Waals surface area contributed by atoms with E-state index < -0.39 is 15.7 Å². The standard InChI is InChI=1S/C21H33FN4O3S/c1-3-23-21(24-11-7-13-26-12-6-4-5-8-20(26)27)25-15-18-14-19(22)10-9-17(18)16-30(2,28)29/h9-10,14H,3-8,11-13,15-16H2,1-2H3,(H2,23,24,25). The SMILES string of the molecule is CCNC(=NCc1cc(F)ccc1CS(C)(=O)=O)NCCCN1CCCCCC1=O. The fourth-order valence-electron chi connectivity index (χ4n) is 3.42. The Hall–Kier alpha value is -2.16. The van der Waals surface area contributed by atoms with Gasteiger partial charge in [-0.1, -0.05) is 12.5 Å². The quantitative estimate of drug-likeness (QED) is 0.349. The number of hydrogen-bond acceptors (Lipinski definition) is 4. The number of hydrogen-bond donors (Lipinski definition) is 2. The molecule has 0 saturated carbocycles. The number of aliphatic imine (C=N–C) groups is 1. The molecule has 0 radical (unpaired) electrons. The van der Waals surface area contributed by atoms with Gasteiger partial charge in [-0.25, -0.2) is 17.8 Å². The molecule has 0 atom stereocenters. The minimum atomic E-state index is -3.23. The molecule has 1 aromatic carbocycles. The maximum absolute atomic E-state index is 13.7. The van der Waals surface area contributed by atoms with Crippen molar-refractivity contribution in [2.75, 3.05) is 32.4 Å². The monoisotopic (exact) mass is 440 g/mol. The second kappa shape index (κ2) is 11.9. The number of likely N-dealkylation sites (tertiary alicyclic amines) is 1. The van der Waals surface area contributed by atoms with Gasteiger partial charge in [-0.2, -0.15) is 0 Å². The van der Waals surface area contributed by atoms with Crippen LogP contribution in [0.15, 0.2) is 23.2 Å². The van der Waals surface area contributed by atoms with Gasteiger partial charge in [-0.3, -0.25) is 4.79 Å². The minimum absolute atomic E-state index is 0.147. The third-order valence-electron chi connectivity index (χ3n) is 4.91. The number of guanidine groups is 1. The van der Waals surface area contributed by atoms with Crippen LogP contribution < -0.4 is 10.6 Å². The summed E-state index contributed by atoms with van der Waals surface area (Å²) in [5, 5.41) is 6.37. The number of nitrogens with zero attached hydrogens (tertiary/aromatic N) is 2. The zero-order chi connectivity index (χ0) is 22.0. The summed E-state index contributed by atoms with van der Waals surface area (Å²) in [7, 11) is -3.23. The highest BCUT2D eigenvalue weighted by atomic mass is 32.2. The Morgan fingerprint density at radius 1 is 1.20 bits per heavy atom. The Bertz CT molecular complexity index is 843. The lowest BCUT2D eigenvalue weighted by Crippen LogP contribution is -2.39. The van der Waals surface area contributed by atoms with E-state index in [2.05, 4.69) is 15.6 Å². The highest BCUT2D eigenvalue weighted by Crippen LogP contribution is 2.16. The van der Waals surface area contributed by atoms with Crippen LogP contribution in [0.5, 0.6) is 0 Å². The Kier molecular flexibility index (Phi) is 9.55. The van der Waals surface area contributed by atoms with Gasteiger partial charge in [0.25, 0.3) is 0 Å². The van der Waals surface area contributed by atoms with Crippen LogP contribution in [0, 0.1) is 5.82 Å². The molecule has 1 aromatic rings. The van der Waals surface area contributed by atoms with Crippen LogP contribution in [-0.2, 0) is 26.9 Å². The van der Waals surface area contributed by atoms with Crippen molar-refractivity contribution in [3.63, 3.8) is 0 Å². The van der Waals surface area contributed by atoms with Crippen molar-refractivity contribution in [1.82, 2.24) is 15.5 Å². The molecule has 7 nitrogen and oxygen atoms in total. The average molecular weight is 441 g/mol. The molecule has 2 rings (SSSR count). The first-order valence-electron chi connectivity index (χ1n) is 10.5. The van der Waals surface area contributed by atoms with E-state index in [9.17, 15) is 17.6 Å². The molecule has 168 valence electrons. The molecule has 0 unspecified atom stereocenters. The molecule has 0 aliphatic carbocycles. The van der Waals surface area contributed by atoms with Gasteiger partial charge < -0.3 is 15.5 Å². The van der Waals surface area contributed by atoms with E-state index in [0.717, 1.165) is 38.5 Å². The zero-order valence-electron chi connectivity index (χ0n) is 17.9. The second-order valence-corrected chi connectivity index (χ2v) is 9.79. The first kappa shape index (κ1) is 24.1. The van der Waals surface area contributed by atoms with Crippen LogP contribution in [-0.4, -0.2) is 57.6 Å². The van der Waals surface area contributed by atoms with E-state index in [0.29, 0.717) is 43.1 Å². The lowest BCUT2D eigenvalue weighted by molar-refractivity contribution is -0.130. The Morgan fingerprint density at radius 2 is 2.00 bits per heavy atom. The number of rotatable bonds is 9.